The molecule has 0 fully saturated rings. The second-order valence-corrected chi connectivity index (χ2v) is 6.02. The molecule has 5 heteroatoms. The summed E-state index contributed by atoms with van der Waals surface area (Å²) in [5, 5.41) is 3.64. The van der Waals surface area contributed by atoms with E-state index >= 15 is 0 Å². The Hall–Kier alpha value is -2.20. The van der Waals surface area contributed by atoms with Crippen LogP contribution in [0, 0.1) is 0 Å². The van der Waals surface area contributed by atoms with Gasteiger partial charge in [-0.3, -0.25) is 4.79 Å². The molecule has 2 rings (SSSR count). The van der Waals surface area contributed by atoms with Crippen LogP contribution in [0.3, 0.4) is 0 Å². The summed E-state index contributed by atoms with van der Waals surface area (Å²) in [5.41, 5.74) is 1.09. The summed E-state index contributed by atoms with van der Waals surface area (Å²) < 4.78 is 10.8. The lowest BCUT2D eigenvalue weighted by Crippen LogP contribution is -2.36. The summed E-state index contributed by atoms with van der Waals surface area (Å²) in [6, 6.07) is 14.8. The van der Waals surface area contributed by atoms with E-state index in [1.165, 1.54) is 0 Å². The maximum Gasteiger partial charge on any atom is 0.220 e. The van der Waals surface area contributed by atoms with E-state index < -0.39 is 0 Å². The third-order valence-electron chi connectivity index (χ3n) is 3.52. The third kappa shape index (κ3) is 6.13. The van der Waals surface area contributed by atoms with Crippen molar-refractivity contribution in [2.45, 2.75) is 25.8 Å². The van der Waals surface area contributed by atoms with Crippen LogP contribution in [0.4, 0.5) is 0 Å². The van der Waals surface area contributed by atoms with Crippen molar-refractivity contribution in [2.24, 2.45) is 0 Å². The van der Waals surface area contributed by atoms with Crippen LogP contribution in [0.5, 0.6) is 11.5 Å². The molecule has 0 saturated heterocycles. The van der Waals surface area contributed by atoms with Crippen LogP contribution in [-0.4, -0.2) is 25.7 Å². The highest BCUT2D eigenvalue weighted by atomic mass is 35.5. The zero-order valence-electron chi connectivity index (χ0n) is 13.9. The normalized spacial score (nSPS) is 11.6. The smallest absolute Gasteiger partial charge is 0.220 e. The van der Waals surface area contributed by atoms with Crippen LogP contribution in [0.15, 0.2) is 48.5 Å². The molecule has 0 spiro atoms. The average Bonchev–Trinajstić information content (AvgIpc) is 2.60. The number of rotatable bonds is 8. The average molecular weight is 348 g/mol. The number of halogens is 1. The molecule has 2 aromatic rings. The van der Waals surface area contributed by atoms with Crippen molar-refractivity contribution >= 4 is 17.5 Å². The van der Waals surface area contributed by atoms with Gasteiger partial charge in [0.05, 0.1) is 13.2 Å². The largest absolute Gasteiger partial charge is 0.497 e. The highest BCUT2D eigenvalue weighted by Crippen LogP contribution is 2.17. The molecule has 24 heavy (non-hydrogen) atoms. The van der Waals surface area contributed by atoms with E-state index in [0.29, 0.717) is 24.5 Å². The first-order valence-corrected chi connectivity index (χ1v) is 8.25. The number of aryl methyl sites for hydroxylation is 1. The Morgan fingerprint density at radius 3 is 2.33 bits per heavy atom. The van der Waals surface area contributed by atoms with Crippen molar-refractivity contribution in [3.05, 3.63) is 59.1 Å². The molecule has 4 nitrogen and oxygen atoms in total. The third-order valence-corrected chi connectivity index (χ3v) is 3.77. The van der Waals surface area contributed by atoms with Gasteiger partial charge in [-0.2, -0.15) is 0 Å². The molecule has 0 aliphatic heterocycles. The lowest BCUT2D eigenvalue weighted by atomic mass is 10.1. The number of carbonyl (C=O) groups is 1. The molecule has 1 amide bonds. The molecule has 0 heterocycles. The second-order valence-electron chi connectivity index (χ2n) is 5.58. The number of ether oxygens (including phenoxy) is 2. The molecule has 0 saturated carbocycles. The number of benzene rings is 2. The molecule has 0 unspecified atom stereocenters. The highest BCUT2D eigenvalue weighted by molar-refractivity contribution is 6.30. The van der Waals surface area contributed by atoms with Gasteiger partial charge in [0.2, 0.25) is 5.91 Å². The minimum absolute atomic E-state index is 0.00998. The quantitative estimate of drug-likeness (QED) is 0.788. The van der Waals surface area contributed by atoms with Crippen molar-refractivity contribution < 1.29 is 14.3 Å². The lowest BCUT2D eigenvalue weighted by Gasteiger charge is -2.15. The SMILES string of the molecule is COc1ccc(OC[C@H](C)NC(=O)CCc2ccc(Cl)cc2)cc1. The zero-order valence-corrected chi connectivity index (χ0v) is 14.7. The number of amides is 1. The Labute approximate surface area is 147 Å². The summed E-state index contributed by atoms with van der Waals surface area (Å²) in [6.45, 7) is 2.34. The minimum atomic E-state index is -0.0650. The van der Waals surface area contributed by atoms with Crippen LogP contribution in [0.2, 0.25) is 5.02 Å². The lowest BCUT2D eigenvalue weighted by molar-refractivity contribution is -0.121. The van der Waals surface area contributed by atoms with Crippen molar-refractivity contribution in [1.82, 2.24) is 5.32 Å². The molecule has 128 valence electrons. The molecule has 0 aliphatic carbocycles. The molecule has 0 bridgehead atoms. The summed E-state index contributed by atoms with van der Waals surface area (Å²) in [4.78, 5) is 12.0. The number of methoxy groups -OCH3 is 1. The van der Waals surface area contributed by atoms with E-state index in [4.69, 9.17) is 21.1 Å². The standard InChI is InChI=1S/C19H22ClNO3/c1-14(13-24-18-10-8-17(23-2)9-11-18)21-19(22)12-5-15-3-6-16(20)7-4-15/h3-4,6-11,14H,5,12-13H2,1-2H3,(H,21,22)/t14-/m0/s1. The fourth-order valence-corrected chi connectivity index (χ4v) is 2.32. The van der Waals surface area contributed by atoms with Crippen LogP contribution in [0.25, 0.3) is 0 Å². The molecular formula is C19H22ClNO3. The zero-order chi connectivity index (χ0) is 17.4. The van der Waals surface area contributed by atoms with Crippen LogP contribution >= 0.6 is 11.6 Å². The summed E-state index contributed by atoms with van der Waals surface area (Å²) in [6.07, 6.45) is 1.13. The molecule has 2 aromatic carbocycles. The maximum atomic E-state index is 12.0. The Bertz CT molecular complexity index is 641. The van der Waals surface area contributed by atoms with E-state index in [-0.39, 0.29) is 11.9 Å². The topological polar surface area (TPSA) is 47.6 Å². The van der Waals surface area contributed by atoms with Crippen molar-refractivity contribution in [3.63, 3.8) is 0 Å². The number of nitrogens with one attached hydrogen (secondary N) is 1. The van der Waals surface area contributed by atoms with Crippen molar-refractivity contribution in [3.8, 4) is 11.5 Å². The molecule has 1 atom stereocenters. The van der Waals surface area contributed by atoms with Gasteiger partial charge in [-0.1, -0.05) is 23.7 Å². The first-order valence-electron chi connectivity index (χ1n) is 7.87. The summed E-state index contributed by atoms with van der Waals surface area (Å²) in [5.74, 6) is 1.54. The molecule has 0 aromatic heterocycles. The minimum Gasteiger partial charge on any atom is -0.497 e. The number of hydrogen-bond donors (Lipinski definition) is 1. The monoisotopic (exact) mass is 347 g/mol. The van der Waals surface area contributed by atoms with E-state index in [1.807, 2.05) is 55.5 Å². The van der Waals surface area contributed by atoms with Gasteiger partial charge in [0.15, 0.2) is 0 Å². The number of hydrogen-bond acceptors (Lipinski definition) is 3. The van der Waals surface area contributed by atoms with Crippen LogP contribution in [0.1, 0.15) is 18.9 Å². The van der Waals surface area contributed by atoms with E-state index in [2.05, 4.69) is 5.32 Å². The Kier molecular flexibility index (Phi) is 6.94. The Balaban J connectivity index is 1.69. The molecular weight excluding hydrogens is 326 g/mol. The molecule has 0 aliphatic rings. The predicted octanol–water partition coefficient (Wildman–Crippen LogP) is 3.86. The maximum absolute atomic E-state index is 12.0. The van der Waals surface area contributed by atoms with E-state index in [9.17, 15) is 4.79 Å². The fraction of sp³-hybridized carbons (Fsp3) is 0.316. The van der Waals surface area contributed by atoms with Gasteiger partial charge in [-0.15, -0.1) is 0 Å². The van der Waals surface area contributed by atoms with E-state index in [0.717, 1.165) is 17.1 Å². The number of carbonyl (C=O) groups excluding carboxylic acids is 1. The first-order chi connectivity index (χ1) is 11.6. The summed E-state index contributed by atoms with van der Waals surface area (Å²) >= 11 is 5.85. The van der Waals surface area contributed by atoms with Crippen LogP contribution in [-0.2, 0) is 11.2 Å². The van der Waals surface area contributed by atoms with Gasteiger partial charge < -0.3 is 14.8 Å². The molecule has 0 radical (unpaired) electrons. The second kappa shape index (κ2) is 9.18. The predicted molar refractivity (Wildman–Crippen MR) is 95.9 cm³/mol. The first kappa shape index (κ1) is 18.1. The highest BCUT2D eigenvalue weighted by Gasteiger charge is 2.08. The van der Waals surface area contributed by atoms with Gasteiger partial charge in [0.1, 0.15) is 18.1 Å². The van der Waals surface area contributed by atoms with Gasteiger partial charge >= 0.3 is 0 Å². The van der Waals surface area contributed by atoms with E-state index in [1.54, 1.807) is 7.11 Å². The van der Waals surface area contributed by atoms with Crippen LogP contribution < -0.4 is 14.8 Å². The molecule has 1 N–H and O–H groups in total. The fourth-order valence-electron chi connectivity index (χ4n) is 2.19. The summed E-state index contributed by atoms with van der Waals surface area (Å²) in [7, 11) is 1.62. The van der Waals surface area contributed by atoms with Gasteiger partial charge in [-0.05, 0) is 55.3 Å². The van der Waals surface area contributed by atoms with Gasteiger partial charge in [-0.25, -0.2) is 0 Å². The Morgan fingerprint density at radius 1 is 1.08 bits per heavy atom. The van der Waals surface area contributed by atoms with Gasteiger partial charge in [0, 0.05) is 11.4 Å². The Morgan fingerprint density at radius 2 is 1.71 bits per heavy atom. The van der Waals surface area contributed by atoms with Crippen molar-refractivity contribution in [1.29, 1.82) is 0 Å². The van der Waals surface area contributed by atoms with Gasteiger partial charge in [0.25, 0.3) is 0 Å². The van der Waals surface area contributed by atoms with Crippen molar-refractivity contribution in [2.75, 3.05) is 13.7 Å².